The van der Waals surface area contributed by atoms with E-state index < -0.39 is 6.04 Å². The van der Waals surface area contributed by atoms with Crippen LogP contribution in [0.1, 0.15) is 23.3 Å². The van der Waals surface area contributed by atoms with E-state index >= 15 is 0 Å². The van der Waals surface area contributed by atoms with Gasteiger partial charge in [0.2, 0.25) is 11.8 Å². The van der Waals surface area contributed by atoms with Crippen LogP contribution < -0.4 is 5.32 Å². The Morgan fingerprint density at radius 2 is 2.29 bits per heavy atom. The molecule has 1 aliphatic heterocycles. The standard InChI is InChI=1S/C14H15ClN4O2/c1-9-17-12(21-18-9)8-19-7-6-16-14(20)13(19)10-4-2-3-5-11(10)15/h2-5,13H,6-8H2,1H3,(H,16,20)/t13-/m1/s1. The zero-order valence-electron chi connectivity index (χ0n) is 11.5. The highest BCUT2D eigenvalue weighted by Crippen LogP contribution is 2.30. The summed E-state index contributed by atoms with van der Waals surface area (Å²) < 4.78 is 5.15. The van der Waals surface area contributed by atoms with Crippen molar-refractivity contribution in [2.45, 2.75) is 19.5 Å². The minimum absolute atomic E-state index is 0.0643. The number of halogens is 1. The van der Waals surface area contributed by atoms with Crippen LogP contribution in [0.5, 0.6) is 0 Å². The van der Waals surface area contributed by atoms with Gasteiger partial charge >= 0.3 is 0 Å². The Balaban J connectivity index is 1.90. The molecule has 110 valence electrons. The summed E-state index contributed by atoms with van der Waals surface area (Å²) in [6.07, 6.45) is 0. The van der Waals surface area contributed by atoms with E-state index in [9.17, 15) is 4.79 Å². The second kappa shape index (κ2) is 5.83. The van der Waals surface area contributed by atoms with Gasteiger partial charge < -0.3 is 9.84 Å². The number of hydrogen-bond acceptors (Lipinski definition) is 5. The fourth-order valence-corrected chi connectivity index (χ4v) is 2.74. The number of benzene rings is 1. The molecule has 6 nitrogen and oxygen atoms in total. The molecule has 0 unspecified atom stereocenters. The molecule has 1 aliphatic rings. The monoisotopic (exact) mass is 306 g/mol. The van der Waals surface area contributed by atoms with Crippen molar-refractivity contribution in [1.82, 2.24) is 20.4 Å². The Labute approximate surface area is 127 Å². The summed E-state index contributed by atoms with van der Waals surface area (Å²) in [7, 11) is 0. The largest absolute Gasteiger partial charge is 0.353 e. The van der Waals surface area contributed by atoms with Crippen molar-refractivity contribution in [3.63, 3.8) is 0 Å². The van der Waals surface area contributed by atoms with Crippen LogP contribution in [0.4, 0.5) is 0 Å². The van der Waals surface area contributed by atoms with Crippen LogP contribution in [0.15, 0.2) is 28.8 Å². The molecule has 21 heavy (non-hydrogen) atoms. The molecule has 0 aliphatic carbocycles. The molecule has 0 spiro atoms. The normalized spacial score (nSPS) is 19.5. The van der Waals surface area contributed by atoms with Gasteiger partial charge in [0.15, 0.2) is 5.82 Å². The second-order valence-electron chi connectivity index (χ2n) is 4.92. The predicted octanol–water partition coefficient (Wildman–Crippen LogP) is 1.70. The molecule has 3 rings (SSSR count). The van der Waals surface area contributed by atoms with Crippen molar-refractivity contribution in [2.24, 2.45) is 0 Å². The van der Waals surface area contributed by atoms with Crippen LogP contribution in [0.2, 0.25) is 5.02 Å². The van der Waals surface area contributed by atoms with Crippen LogP contribution in [0, 0.1) is 6.92 Å². The number of carbonyl (C=O) groups excluding carboxylic acids is 1. The molecular formula is C14H15ClN4O2. The van der Waals surface area contributed by atoms with Crippen LogP contribution in [0.3, 0.4) is 0 Å². The van der Waals surface area contributed by atoms with Gasteiger partial charge in [-0.2, -0.15) is 4.98 Å². The minimum Gasteiger partial charge on any atom is -0.353 e. The van der Waals surface area contributed by atoms with Gasteiger partial charge in [-0.25, -0.2) is 0 Å². The number of carbonyl (C=O) groups is 1. The number of piperazine rings is 1. The highest BCUT2D eigenvalue weighted by Gasteiger charge is 2.33. The zero-order chi connectivity index (χ0) is 14.8. The first-order valence-electron chi connectivity index (χ1n) is 6.70. The number of aromatic nitrogens is 2. The molecular weight excluding hydrogens is 292 g/mol. The number of aryl methyl sites for hydroxylation is 1. The van der Waals surface area contributed by atoms with Crippen molar-refractivity contribution in [2.75, 3.05) is 13.1 Å². The maximum atomic E-state index is 12.3. The molecule has 1 amide bonds. The third-order valence-corrected chi connectivity index (χ3v) is 3.76. The molecule has 1 aromatic heterocycles. The molecule has 0 saturated carbocycles. The summed E-state index contributed by atoms with van der Waals surface area (Å²) in [5.74, 6) is 1.02. The number of nitrogens with zero attached hydrogens (tertiary/aromatic N) is 3. The molecule has 7 heteroatoms. The summed E-state index contributed by atoms with van der Waals surface area (Å²) in [6.45, 7) is 3.47. The number of nitrogens with one attached hydrogen (secondary N) is 1. The fourth-order valence-electron chi connectivity index (χ4n) is 2.50. The van der Waals surface area contributed by atoms with Gasteiger partial charge in [0.25, 0.3) is 0 Å². The summed E-state index contributed by atoms with van der Waals surface area (Å²) in [5, 5.41) is 7.23. The Hall–Kier alpha value is -1.92. The van der Waals surface area contributed by atoms with Crippen LogP contribution in [-0.2, 0) is 11.3 Å². The topological polar surface area (TPSA) is 71.3 Å². The third kappa shape index (κ3) is 2.91. The lowest BCUT2D eigenvalue weighted by Gasteiger charge is -2.34. The van der Waals surface area contributed by atoms with Gasteiger partial charge in [-0.15, -0.1) is 0 Å². The molecule has 2 aromatic rings. The Morgan fingerprint density at radius 3 is 3.00 bits per heavy atom. The first-order chi connectivity index (χ1) is 10.1. The van der Waals surface area contributed by atoms with E-state index in [1.54, 1.807) is 13.0 Å². The van der Waals surface area contributed by atoms with Crippen LogP contribution >= 0.6 is 11.6 Å². The summed E-state index contributed by atoms with van der Waals surface area (Å²) in [4.78, 5) is 18.5. The second-order valence-corrected chi connectivity index (χ2v) is 5.33. The summed E-state index contributed by atoms with van der Waals surface area (Å²) in [6, 6.07) is 6.92. The third-order valence-electron chi connectivity index (χ3n) is 3.42. The quantitative estimate of drug-likeness (QED) is 0.934. The first-order valence-corrected chi connectivity index (χ1v) is 7.08. The first kappa shape index (κ1) is 14.0. The lowest BCUT2D eigenvalue weighted by atomic mass is 10.0. The van der Waals surface area contributed by atoms with E-state index in [1.807, 2.05) is 23.1 Å². The van der Waals surface area contributed by atoms with E-state index in [0.29, 0.717) is 36.4 Å². The maximum absolute atomic E-state index is 12.3. The van der Waals surface area contributed by atoms with Gasteiger partial charge in [0, 0.05) is 18.1 Å². The summed E-state index contributed by atoms with van der Waals surface area (Å²) in [5.41, 5.74) is 0.785. The Morgan fingerprint density at radius 1 is 1.48 bits per heavy atom. The average Bonchev–Trinajstić information content (AvgIpc) is 2.86. The van der Waals surface area contributed by atoms with Crippen molar-refractivity contribution in [3.05, 3.63) is 46.6 Å². The number of rotatable bonds is 3. The smallest absolute Gasteiger partial charge is 0.242 e. The summed E-state index contributed by atoms with van der Waals surface area (Å²) >= 11 is 6.24. The van der Waals surface area contributed by atoms with Crippen molar-refractivity contribution < 1.29 is 9.32 Å². The van der Waals surface area contributed by atoms with E-state index in [2.05, 4.69) is 15.5 Å². The highest BCUT2D eigenvalue weighted by atomic mass is 35.5. The molecule has 1 saturated heterocycles. The van der Waals surface area contributed by atoms with Crippen LogP contribution in [0.25, 0.3) is 0 Å². The maximum Gasteiger partial charge on any atom is 0.242 e. The van der Waals surface area contributed by atoms with E-state index in [0.717, 1.165) is 5.56 Å². The minimum atomic E-state index is -0.445. The molecule has 1 aromatic carbocycles. The molecule has 1 fully saturated rings. The van der Waals surface area contributed by atoms with Gasteiger partial charge in [-0.05, 0) is 18.6 Å². The predicted molar refractivity (Wildman–Crippen MR) is 76.6 cm³/mol. The van der Waals surface area contributed by atoms with Crippen molar-refractivity contribution >= 4 is 17.5 Å². The molecule has 1 N–H and O–H groups in total. The van der Waals surface area contributed by atoms with Crippen molar-refractivity contribution in [1.29, 1.82) is 0 Å². The number of hydrogen-bond donors (Lipinski definition) is 1. The molecule has 0 bridgehead atoms. The lowest BCUT2D eigenvalue weighted by molar-refractivity contribution is -0.129. The van der Waals surface area contributed by atoms with E-state index in [1.165, 1.54) is 0 Å². The van der Waals surface area contributed by atoms with E-state index in [-0.39, 0.29) is 5.91 Å². The van der Waals surface area contributed by atoms with E-state index in [4.69, 9.17) is 16.1 Å². The van der Waals surface area contributed by atoms with Gasteiger partial charge in [-0.3, -0.25) is 9.69 Å². The Kier molecular flexibility index (Phi) is 3.90. The Bertz CT molecular complexity index is 658. The number of amides is 1. The SMILES string of the molecule is Cc1noc(CN2CCNC(=O)[C@H]2c2ccccc2Cl)n1. The molecule has 2 heterocycles. The molecule has 0 radical (unpaired) electrons. The lowest BCUT2D eigenvalue weighted by Crippen LogP contribution is -2.49. The highest BCUT2D eigenvalue weighted by molar-refractivity contribution is 6.31. The zero-order valence-corrected chi connectivity index (χ0v) is 12.3. The fraction of sp³-hybridized carbons (Fsp3) is 0.357. The average molecular weight is 307 g/mol. The van der Waals surface area contributed by atoms with Gasteiger partial charge in [-0.1, -0.05) is 35.0 Å². The van der Waals surface area contributed by atoms with Gasteiger partial charge in [0.1, 0.15) is 6.04 Å². The molecule has 1 atom stereocenters. The van der Waals surface area contributed by atoms with Crippen LogP contribution in [-0.4, -0.2) is 34.0 Å². The van der Waals surface area contributed by atoms with Crippen molar-refractivity contribution in [3.8, 4) is 0 Å². The van der Waals surface area contributed by atoms with Gasteiger partial charge in [0.05, 0.1) is 6.54 Å².